The Balaban J connectivity index is 2.50. The third-order valence-electron chi connectivity index (χ3n) is 2.69. The molecule has 0 aliphatic carbocycles. The summed E-state index contributed by atoms with van der Waals surface area (Å²) in [5.41, 5.74) is 2.58. The SMILES string of the molecule is C=CC/C(C(=O)OC)=C1\OCc2ccccc21. The highest BCUT2D eigenvalue weighted by molar-refractivity contribution is 5.97. The first kappa shape index (κ1) is 11.5. The van der Waals surface area contributed by atoms with E-state index in [1.807, 2.05) is 24.3 Å². The van der Waals surface area contributed by atoms with E-state index >= 15 is 0 Å². The van der Waals surface area contributed by atoms with Crippen LogP contribution in [0, 0.1) is 0 Å². The number of hydrogen-bond donors (Lipinski definition) is 0. The van der Waals surface area contributed by atoms with E-state index in [-0.39, 0.29) is 5.97 Å². The number of ether oxygens (including phenoxy) is 2. The molecule has 0 saturated carbocycles. The molecule has 0 fully saturated rings. The number of methoxy groups -OCH3 is 1. The molecule has 1 aromatic rings. The number of esters is 1. The molecule has 1 aliphatic heterocycles. The van der Waals surface area contributed by atoms with Gasteiger partial charge in [0, 0.05) is 17.5 Å². The second kappa shape index (κ2) is 4.87. The molecule has 0 N–H and O–H groups in total. The largest absolute Gasteiger partial charge is 0.488 e. The van der Waals surface area contributed by atoms with E-state index < -0.39 is 0 Å². The Bertz CT molecular complexity index is 486. The van der Waals surface area contributed by atoms with Crippen molar-refractivity contribution in [1.82, 2.24) is 0 Å². The fourth-order valence-corrected chi connectivity index (χ4v) is 1.88. The van der Waals surface area contributed by atoms with Crippen LogP contribution in [0.15, 0.2) is 42.5 Å². The Kier molecular flexibility index (Phi) is 3.28. The van der Waals surface area contributed by atoms with Crippen molar-refractivity contribution < 1.29 is 14.3 Å². The monoisotopic (exact) mass is 230 g/mol. The topological polar surface area (TPSA) is 35.5 Å². The summed E-state index contributed by atoms with van der Waals surface area (Å²) >= 11 is 0. The van der Waals surface area contributed by atoms with Crippen LogP contribution in [-0.4, -0.2) is 13.1 Å². The molecular weight excluding hydrogens is 216 g/mol. The van der Waals surface area contributed by atoms with Gasteiger partial charge in [-0.05, 0) is 0 Å². The molecule has 3 heteroatoms. The van der Waals surface area contributed by atoms with Crippen molar-refractivity contribution in [3.63, 3.8) is 0 Å². The average molecular weight is 230 g/mol. The van der Waals surface area contributed by atoms with E-state index in [1.165, 1.54) is 7.11 Å². The van der Waals surface area contributed by atoms with E-state index in [4.69, 9.17) is 9.47 Å². The molecule has 0 spiro atoms. The summed E-state index contributed by atoms with van der Waals surface area (Å²) in [6.45, 7) is 4.15. The highest BCUT2D eigenvalue weighted by Crippen LogP contribution is 2.33. The zero-order chi connectivity index (χ0) is 12.3. The normalized spacial score (nSPS) is 15.8. The Morgan fingerprint density at radius 1 is 1.53 bits per heavy atom. The molecule has 0 bridgehead atoms. The van der Waals surface area contributed by atoms with Crippen molar-refractivity contribution in [2.75, 3.05) is 7.11 Å². The van der Waals surface area contributed by atoms with Gasteiger partial charge in [-0.15, -0.1) is 6.58 Å². The zero-order valence-corrected chi connectivity index (χ0v) is 9.73. The summed E-state index contributed by atoms with van der Waals surface area (Å²) in [7, 11) is 1.37. The molecule has 0 saturated heterocycles. The van der Waals surface area contributed by atoms with E-state index in [2.05, 4.69) is 6.58 Å². The number of benzene rings is 1. The molecule has 2 rings (SSSR count). The van der Waals surface area contributed by atoms with Crippen LogP contribution in [0.3, 0.4) is 0 Å². The summed E-state index contributed by atoms with van der Waals surface area (Å²) in [6.07, 6.45) is 2.11. The molecule has 1 aliphatic rings. The first-order valence-corrected chi connectivity index (χ1v) is 5.41. The van der Waals surface area contributed by atoms with E-state index in [9.17, 15) is 4.79 Å². The van der Waals surface area contributed by atoms with Gasteiger partial charge >= 0.3 is 5.97 Å². The highest BCUT2D eigenvalue weighted by Gasteiger charge is 2.24. The van der Waals surface area contributed by atoms with Crippen molar-refractivity contribution in [3.8, 4) is 0 Å². The summed E-state index contributed by atoms with van der Waals surface area (Å²) < 4.78 is 10.4. The molecule has 3 nitrogen and oxygen atoms in total. The average Bonchev–Trinajstić information content (AvgIpc) is 2.79. The predicted octanol–water partition coefficient (Wildman–Crippen LogP) is 2.68. The standard InChI is InChI=1S/C14H14O3/c1-3-6-12(14(15)16-2)13-11-8-5-4-7-10(11)9-17-13/h3-5,7-8H,1,6,9H2,2H3/b13-12+. The molecule has 0 atom stereocenters. The fraction of sp³-hybridized carbons (Fsp3) is 0.214. The molecule has 88 valence electrons. The van der Waals surface area contributed by atoms with Crippen molar-refractivity contribution in [2.24, 2.45) is 0 Å². The molecule has 17 heavy (non-hydrogen) atoms. The summed E-state index contributed by atoms with van der Waals surface area (Å²) in [6, 6.07) is 7.82. The van der Waals surface area contributed by atoms with Crippen LogP contribution in [-0.2, 0) is 20.9 Å². The van der Waals surface area contributed by atoms with Gasteiger partial charge in [-0.1, -0.05) is 30.3 Å². The Morgan fingerprint density at radius 2 is 2.29 bits per heavy atom. The summed E-state index contributed by atoms with van der Waals surface area (Å²) in [5, 5.41) is 0. The van der Waals surface area contributed by atoms with E-state index in [1.54, 1.807) is 6.08 Å². The second-order valence-corrected chi connectivity index (χ2v) is 3.74. The van der Waals surface area contributed by atoms with E-state index in [0.29, 0.717) is 24.4 Å². The summed E-state index contributed by atoms with van der Waals surface area (Å²) in [4.78, 5) is 11.7. The molecule has 1 aromatic carbocycles. The predicted molar refractivity (Wildman–Crippen MR) is 65.0 cm³/mol. The lowest BCUT2D eigenvalue weighted by Gasteiger charge is -2.07. The molecule has 0 amide bonds. The van der Waals surface area contributed by atoms with E-state index in [0.717, 1.165) is 11.1 Å². The van der Waals surface area contributed by atoms with Crippen molar-refractivity contribution in [2.45, 2.75) is 13.0 Å². The molecular formula is C14H14O3. The van der Waals surface area contributed by atoms with Crippen LogP contribution in [0.5, 0.6) is 0 Å². The Morgan fingerprint density at radius 3 is 3.00 bits per heavy atom. The third-order valence-corrected chi connectivity index (χ3v) is 2.69. The van der Waals surface area contributed by atoms with Crippen LogP contribution < -0.4 is 0 Å². The smallest absolute Gasteiger partial charge is 0.337 e. The van der Waals surface area contributed by atoms with Gasteiger partial charge in [0.05, 0.1) is 12.7 Å². The van der Waals surface area contributed by atoms with Gasteiger partial charge in [-0.2, -0.15) is 0 Å². The van der Waals surface area contributed by atoms with Crippen LogP contribution in [0.4, 0.5) is 0 Å². The minimum atomic E-state index is -0.364. The lowest BCUT2D eigenvalue weighted by Crippen LogP contribution is -2.07. The quantitative estimate of drug-likeness (QED) is 0.455. The van der Waals surface area contributed by atoms with Gasteiger partial charge in [-0.3, -0.25) is 0 Å². The van der Waals surface area contributed by atoms with Crippen LogP contribution in [0.1, 0.15) is 17.5 Å². The van der Waals surface area contributed by atoms with Crippen LogP contribution in [0.2, 0.25) is 0 Å². The lowest BCUT2D eigenvalue weighted by atomic mass is 10.0. The van der Waals surface area contributed by atoms with Gasteiger partial charge < -0.3 is 9.47 Å². The van der Waals surface area contributed by atoms with Crippen LogP contribution in [0.25, 0.3) is 5.76 Å². The van der Waals surface area contributed by atoms with Crippen LogP contribution >= 0.6 is 0 Å². The molecule has 0 unspecified atom stereocenters. The number of fused-ring (bicyclic) bond motifs is 1. The van der Waals surface area contributed by atoms with Crippen molar-refractivity contribution >= 4 is 11.7 Å². The molecule has 1 heterocycles. The number of carbonyl (C=O) groups excluding carboxylic acids is 1. The number of rotatable bonds is 3. The van der Waals surface area contributed by atoms with Gasteiger partial charge in [0.25, 0.3) is 0 Å². The van der Waals surface area contributed by atoms with Gasteiger partial charge in [0.2, 0.25) is 0 Å². The van der Waals surface area contributed by atoms with Gasteiger partial charge in [0.15, 0.2) is 0 Å². The second-order valence-electron chi connectivity index (χ2n) is 3.74. The Labute approximate surface area is 100 Å². The van der Waals surface area contributed by atoms with Gasteiger partial charge in [-0.25, -0.2) is 4.79 Å². The number of allylic oxidation sites excluding steroid dienone is 1. The molecule has 0 aromatic heterocycles. The highest BCUT2D eigenvalue weighted by atomic mass is 16.5. The maximum absolute atomic E-state index is 11.7. The number of hydrogen-bond acceptors (Lipinski definition) is 3. The zero-order valence-electron chi connectivity index (χ0n) is 9.73. The van der Waals surface area contributed by atoms with Crippen molar-refractivity contribution in [1.29, 1.82) is 0 Å². The Hall–Kier alpha value is -2.03. The molecule has 0 radical (unpaired) electrons. The maximum atomic E-state index is 11.7. The lowest BCUT2D eigenvalue weighted by molar-refractivity contribution is -0.136. The first-order valence-electron chi connectivity index (χ1n) is 5.41. The third kappa shape index (κ3) is 2.09. The minimum absolute atomic E-state index is 0.364. The van der Waals surface area contributed by atoms with Crippen molar-refractivity contribution in [3.05, 3.63) is 53.6 Å². The fourth-order valence-electron chi connectivity index (χ4n) is 1.88. The minimum Gasteiger partial charge on any atom is -0.488 e. The van der Waals surface area contributed by atoms with Gasteiger partial charge in [0.1, 0.15) is 12.4 Å². The first-order chi connectivity index (χ1) is 8.27. The maximum Gasteiger partial charge on any atom is 0.337 e. The summed E-state index contributed by atoms with van der Waals surface area (Å²) in [5.74, 6) is 0.254. The number of carbonyl (C=O) groups is 1.